The Morgan fingerprint density at radius 1 is 1.31 bits per heavy atom. The average molecular weight is 184 g/mol. The highest BCUT2D eigenvalue weighted by Gasteiger charge is 2.33. The largest absolute Gasteiger partial charge is 0.390 e. The van der Waals surface area contributed by atoms with Gasteiger partial charge in [-0.15, -0.1) is 0 Å². The molecule has 3 aliphatic rings. The quantitative estimate of drug-likeness (QED) is 0.658. The molecular formula is C10H20N2O. The van der Waals surface area contributed by atoms with E-state index >= 15 is 0 Å². The molecule has 2 heterocycles. The van der Waals surface area contributed by atoms with Crippen molar-refractivity contribution >= 4 is 0 Å². The summed E-state index contributed by atoms with van der Waals surface area (Å²) in [6.45, 7) is 2.38. The highest BCUT2D eigenvalue weighted by molar-refractivity contribution is 4.88. The van der Waals surface area contributed by atoms with Crippen LogP contribution in [0.5, 0.6) is 0 Å². The van der Waals surface area contributed by atoms with Crippen LogP contribution in [0.2, 0.25) is 0 Å². The van der Waals surface area contributed by atoms with E-state index in [-0.39, 0.29) is 6.10 Å². The summed E-state index contributed by atoms with van der Waals surface area (Å²) in [5.41, 5.74) is 5.41. The van der Waals surface area contributed by atoms with Crippen LogP contribution >= 0.6 is 0 Å². The summed E-state index contributed by atoms with van der Waals surface area (Å²) in [5, 5.41) is 9.47. The number of nitrogens with two attached hydrogens (primary N) is 1. The third-order valence-corrected chi connectivity index (χ3v) is 3.54. The molecule has 3 heteroatoms. The summed E-state index contributed by atoms with van der Waals surface area (Å²) < 4.78 is 0. The second-order valence-electron chi connectivity index (χ2n) is 4.52. The zero-order chi connectivity index (χ0) is 9.26. The summed E-state index contributed by atoms with van der Waals surface area (Å²) in [4.78, 5) is 2.44. The molecule has 3 fully saturated rings. The standard InChI is InChI=1S/C10H20N2O/c11-5-10(13)7-12-6-8-1-3-9(12)4-2-8/h8-10,13H,1-7,11H2/t8?,9?,10-/m0/s1. The molecule has 2 bridgehead atoms. The van der Waals surface area contributed by atoms with E-state index in [1.807, 2.05) is 0 Å². The van der Waals surface area contributed by atoms with Crippen molar-refractivity contribution < 1.29 is 5.11 Å². The van der Waals surface area contributed by atoms with Gasteiger partial charge in [0.1, 0.15) is 0 Å². The van der Waals surface area contributed by atoms with Crippen molar-refractivity contribution in [2.45, 2.75) is 37.8 Å². The Kier molecular flexibility index (Phi) is 2.86. The van der Waals surface area contributed by atoms with Crippen LogP contribution in [0.15, 0.2) is 0 Å². The summed E-state index contributed by atoms with van der Waals surface area (Å²) in [6, 6.07) is 0.742. The maximum Gasteiger partial charge on any atom is 0.0789 e. The number of piperidine rings is 2. The fraction of sp³-hybridized carbons (Fsp3) is 1.00. The molecule has 1 atom stereocenters. The molecule has 3 N–H and O–H groups in total. The van der Waals surface area contributed by atoms with E-state index in [0.717, 1.165) is 18.5 Å². The first kappa shape index (κ1) is 9.44. The van der Waals surface area contributed by atoms with Crippen molar-refractivity contribution in [3.8, 4) is 0 Å². The van der Waals surface area contributed by atoms with Crippen molar-refractivity contribution in [1.29, 1.82) is 0 Å². The number of hydrogen-bond donors (Lipinski definition) is 2. The number of fused-ring (bicyclic) bond motifs is 3. The first-order valence-electron chi connectivity index (χ1n) is 5.41. The van der Waals surface area contributed by atoms with Crippen LogP contribution in [0.25, 0.3) is 0 Å². The zero-order valence-corrected chi connectivity index (χ0v) is 8.15. The molecule has 3 rings (SSSR count). The minimum absolute atomic E-state index is 0.320. The van der Waals surface area contributed by atoms with Crippen LogP contribution in [-0.4, -0.2) is 41.8 Å². The van der Waals surface area contributed by atoms with E-state index in [1.54, 1.807) is 0 Å². The van der Waals surface area contributed by atoms with E-state index in [9.17, 15) is 5.11 Å². The molecule has 0 spiro atoms. The highest BCUT2D eigenvalue weighted by atomic mass is 16.3. The second-order valence-corrected chi connectivity index (χ2v) is 4.52. The molecule has 0 radical (unpaired) electrons. The Morgan fingerprint density at radius 3 is 2.46 bits per heavy atom. The Morgan fingerprint density at radius 2 is 2.00 bits per heavy atom. The summed E-state index contributed by atoms with van der Waals surface area (Å²) >= 11 is 0. The molecule has 0 aromatic carbocycles. The van der Waals surface area contributed by atoms with Crippen molar-refractivity contribution in [1.82, 2.24) is 4.90 Å². The van der Waals surface area contributed by atoms with Gasteiger partial charge in [0.05, 0.1) is 6.10 Å². The molecule has 3 nitrogen and oxygen atoms in total. The van der Waals surface area contributed by atoms with Crippen molar-refractivity contribution in [2.75, 3.05) is 19.6 Å². The molecule has 0 amide bonds. The molecule has 1 saturated carbocycles. The first-order valence-corrected chi connectivity index (χ1v) is 5.41. The molecule has 76 valence electrons. The molecule has 1 aliphatic carbocycles. The summed E-state index contributed by atoms with van der Waals surface area (Å²) in [6.07, 6.45) is 5.16. The van der Waals surface area contributed by atoms with Gasteiger partial charge in [0.15, 0.2) is 0 Å². The van der Waals surface area contributed by atoms with Gasteiger partial charge in [-0.05, 0) is 31.6 Å². The lowest BCUT2D eigenvalue weighted by atomic mass is 9.80. The second kappa shape index (κ2) is 3.95. The smallest absolute Gasteiger partial charge is 0.0789 e. The first-order chi connectivity index (χ1) is 6.29. The van der Waals surface area contributed by atoms with E-state index < -0.39 is 0 Å². The van der Waals surface area contributed by atoms with Gasteiger partial charge in [-0.1, -0.05) is 0 Å². The molecule has 2 saturated heterocycles. The van der Waals surface area contributed by atoms with Crippen LogP contribution in [0, 0.1) is 5.92 Å². The maximum absolute atomic E-state index is 9.47. The van der Waals surface area contributed by atoms with Crippen LogP contribution in [-0.2, 0) is 0 Å². The fourth-order valence-electron chi connectivity index (χ4n) is 2.74. The number of hydrogen-bond acceptors (Lipinski definition) is 3. The van der Waals surface area contributed by atoms with Crippen LogP contribution in [0.3, 0.4) is 0 Å². The van der Waals surface area contributed by atoms with E-state index in [1.165, 1.54) is 32.2 Å². The molecule has 0 aromatic rings. The highest BCUT2D eigenvalue weighted by Crippen LogP contribution is 2.34. The topological polar surface area (TPSA) is 49.5 Å². The van der Waals surface area contributed by atoms with E-state index in [2.05, 4.69) is 4.90 Å². The lowest BCUT2D eigenvalue weighted by Crippen LogP contribution is -2.51. The third kappa shape index (κ3) is 2.03. The van der Waals surface area contributed by atoms with Gasteiger partial charge < -0.3 is 10.8 Å². The normalized spacial score (nSPS) is 36.5. The Bertz CT molecular complexity index is 166. The predicted octanol–water partition coefficient (Wildman–Crippen LogP) is 0.180. The van der Waals surface area contributed by atoms with Crippen LogP contribution in [0.4, 0.5) is 0 Å². The van der Waals surface area contributed by atoms with E-state index in [4.69, 9.17) is 5.73 Å². The minimum atomic E-state index is -0.320. The SMILES string of the molecule is NC[C@H](O)CN1CC2CCC1CC2. The molecule has 0 aromatic heterocycles. The molecule has 13 heavy (non-hydrogen) atoms. The van der Waals surface area contributed by atoms with E-state index in [0.29, 0.717) is 6.54 Å². The Hall–Kier alpha value is -0.120. The summed E-state index contributed by atoms with van der Waals surface area (Å²) in [5.74, 6) is 0.898. The maximum atomic E-state index is 9.47. The van der Waals surface area contributed by atoms with Crippen molar-refractivity contribution in [2.24, 2.45) is 11.7 Å². The number of aliphatic hydroxyl groups excluding tert-OH is 1. The predicted molar refractivity (Wildman–Crippen MR) is 52.4 cm³/mol. The molecule has 0 unspecified atom stereocenters. The monoisotopic (exact) mass is 184 g/mol. The number of aliphatic hydroxyl groups is 1. The van der Waals surface area contributed by atoms with Gasteiger partial charge in [-0.25, -0.2) is 0 Å². The van der Waals surface area contributed by atoms with Gasteiger partial charge in [-0.3, -0.25) is 4.90 Å². The molecule has 2 aliphatic heterocycles. The van der Waals surface area contributed by atoms with Crippen molar-refractivity contribution in [3.63, 3.8) is 0 Å². The zero-order valence-electron chi connectivity index (χ0n) is 8.15. The van der Waals surface area contributed by atoms with Crippen LogP contribution in [0.1, 0.15) is 25.7 Å². The van der Waals surface area contributed by atoms with Gasteiger partial charge >= 0.3 is 0 Å². The lowest BCUT2D eigenvalue weighted by Gasteiger charge is -2.45. The van der Waals surface area contributed by atoms with Gasteiger partial charge in [0, 0.05) is 25.7 Å². The minimum Gasteiger partial charge on any atom is -0.390 e. The fourth-order valence-corrected chi connectivity index (χ4v) is 2.74. The average Bonchev–Trinajstić information content (AvgIpc) is 2.19. The Labute approximate surface area is 79.9 Å². The van der Waals surface area contributed by atoms with Gasteiger partial charge in [-0.2, -0.15) is 0 Å². The van der Waals surface area contributed by atoms with Crippen molar-refractivity contribution in [3.05, 3.63) is 0 Å². The molecular weight excluding hydrogens is 164 g/mol. The third-order valence-electron chi connectivity index (χ3n) is 3.54. The van der Waals surface area contributed by atoms with Crippen LogP contribution < -0.4 is 5.73 Å². The number of rotatable bonds is 3. The van der Waals surface area contributed by atoms with Gasteiger partial charge in [0.2, 0.25) is 0 Å². The lowest BCUT2D eigenvalue weighted by molar-refractivity contribution is 0.0136. The number of nitrogens with zero attached hydrogens (tertiary/aromatic N) is 1. The van der Waals surface area contributed by atoms with Gasteiger partial charge in [0.25, 0.3) is 0 Å². The Balaban J connectivity index is 1.86. The summed E-state index contributed by atoms with van der Waals surface area (Å²) in [7, 11) is 0.